The van der Waals surface area contributed by atoms with Gasteiger partial charge in [-0.05, 0) is 44.9 Å². The number of carbonyl (C=O) groups excluding carboxylic acids is 3. The summed E-state index contributed by atoms with van der Waals surface area (Å²) in [5, 5.41) is 0. The fourth-order valence-electron chi connectivity index (χ4n) is 11.7. The van der Waals surface area contributed by atoms with E-state index in [1.54, 1.807) is 0 Å². The van der Waals surface area contributed by atoms with E-state index in [9.17, 15) is 14.4 Å². The zero-order valence-corrected chi connectivity index (χ0v) is 55.4. The SMILES string of the molecule is CCCCCCCC/C=C\CCCCCCCCCC(=O)OCC(COC(=O)CCCCCCCCCCCCCCCCCCCCCCCCCCCCC)OC(=O)CCCCCCCCCCCCCCCCCCCCC. The van der Waals surface area contributed by atoms with E-state index in [2.05, 4.69) is 32.9 Å². The second-order valence-electron chi connectivity index (χ2n) is 25.6. The van der Waals surface area contributed by atoms with Crippen LogP contribution in [0.15, 0.2) is 12.2 Å². The monoisotopic (exact) mass is 1140 g/mol. The molecule has 0 aliphatic heterocycles. The highest BCUT2D eigenvalue weighted by molar-refractivity contribution is 5.71. The number of rotatable bonds is 70. The molecule has 0 radical (unpaired) electrons. The molecule has 0 fully saturated rings. The van der Waals surface area contributed by atoms with Crippen molar-refractivity contribution in [2.45, 2.75) is 438 Å². The number of unbranched alkanes of at least 4 members (excludes halogenated alkanes) is 57. The van der Waals surface area contributed by atoms with E-state index in [-0.39, 0.29) is 31.1 Å². The summed E-state index contributed by atoms with van der Waals surface area (Å²) >= 11 is 0. The molecular weight excluding hydrogens is 997 g/mol. The van der Waals surface area contributed by atoms with Crippen LogP contribution in [0, 0.1) is 0 Å². The molecule has 0 aromatic carbocycles. The Morgan fingerprint density at radius 3 is 0.617 bits per heavy atom. The first kappa shape index (κ1) is 79.2. The fraction of sp³-hybridized carbons (Fsp3) is 0.933. The van der Waals surface area contributed by atoms with Crippen LogP contribution in [0.4, 0.5) is 0 Å². The summed E-state index contributed by atoms with van der Waals surface area (Å²) in [5.41, 5.74) is 0. The van der Waals surface area contributed by atoms with Gasteiger partial charge in [-0.3, -0.25) is 14.4 Å². The van der Waals surface area contributed by atoms with Crippen molar-refractivity contribution in [3.63, 3.8) is 0 Å². The van der Waals surface area contributed by atoms with Crippen LogP contribution in [0.2, 0.25) is 0 Å². The van der Waals surface area contributed by atoms with Gasteiger partial charge in [-0.25, -0.2) is 0 Å². The second-order valence-corrected chi connectivity index (χ2v) is 25.6. The third kappa shape index (κ3) is 68.8. The zero-order chi connectivity index (χ0) is 58.5. The molecule has 0 saturated carbocycles. The Bertz CT molecular complexity index is 1260. The molecule has 6 heteroatoms. The Morgan fingerprint density at radius 2 is 0.407 bits per heavy atom. The number of esters is 3. The van der Waals surface area contributed by atoms with E-state index < -0.39 is 6.10 Å². The Hall–Kier alpha value is -1.85. The van der Waals surface area contributed by atoms with Crippen LogP contribution < -0.4 is 0 Å². The molecule has 1 unspecified atom stereocenters. The molecule has 81 heavy (non-hydrogen) atoms. The van der Waals surface area contributed by atoms with Crippen LogP contribution in [-0.2, 0) is 28.6 Å². The van der Waals surface area contributed by atoms with Gasteiger partial charge in [-0.1, -0.05) is 380 Å². The van der Waals surface area contributed by atoms with Gasteiger partial charge < -0.3 is 14.2 Å². The van der Waals surface area contributed by atoms with Crippen LogP contribution >= 0.6 is 0 Å². The van der Waals surface area contributed by atoms with Crippen molar-refractivity contribution in [2.24, 2.45) is 0 Å². The molecule has 1 atom stereocenters. The Balaban J connectivity index is 4.22. The maximum atomic E-state index is 13.0. The predicted molar refractivity (Wildman–Crippen MR) is 353 cm³/mol. The summed E-state index contributed by atoms with van der Waals surface area (Å²) < 4.78 is 17.0. The van der Waals surface area contributed by atoms with Gasteiger partial charge in [0.1, 0.15) is 13.2 Å². The molecule has 0 aliphatic carbocycles. The van der Waals surface area contributed by atoms with Crippen molar-refractivity contribution in [1.29, 1.82) is 0 Å². The van der Waals surface area contributed by atoms with E-state index in [1.165, 1.54) is 334 Å². The largest absolute Gasteiger partial charge is 0.462 e. The standard InChI is InChI=1S/C75H144O6/c1-4-7-10-13-16-19-22-25-28-31-33-34-35-36-37-38-39-40-42-44-47-50-53-56-59-62-65-68-74(77)80-71-72(70-79-73(76)67-64-61-58-55-52-49-46-43-30-27-24-21-18-15-12-9-6-3)81-75(78)69-66-63-60-57-54-51-48-45-41-32-29-26-23-20-17-14-11-8-5-2/h27,30,72H,4-26,28-29,31-71H2,1-3H3/b30-27-. The number of carbonyl (C=O) groups is 3. The van der Waals surface area contributed by atoms with E-state index in [1.807, 2.05) is 0 Å². The van der Waals surface area contributed by atoms with Crippen LogP contribution in [0.3, 0.4) is 0 Å². The average Bonchev–Trinajstić information content (AvgIpc) is 3.47. The third-order valence-electron chi connectivity index (χ3n) is 17.3. The number of ether oxygens (including phenoxy) is 3. The van der Waals surface area contributed by atoms with Gasteiger partial charge in [0, 0.05) is 19.3 Å². The third-order valence-corrected chi connectivity index (χ3v) is 17.3. The van der Waals surface area contributed by atoms with E-state index >= 15 is 0 Å². The van der Waals surface area contributed by atoms with Gasteiger partial charge in [-0.2, -0.15) is 0 Å². The summed E-state index contributed by atoms with van der Waals surface area (Å²) in [7, 11) is 0. The lowest BCUT2D eigenvalue weighted by atomic mass is 10.0. The molecule has 0 rings (SSSR count). The minimum Gasteiger partial charge on any atom is -0.462 e. The number of hydrogen-bond donors (Lipinski definition) is 0. The van der Waals surface area contributed by atoms with E-state index in [4.69, 9.17) is 14.2 Å². The molecule has 0 heterocycles. The number of hydrogen-bond acceptors (Lipinski definition) is 6. The van der Waals surface area contributed by atoms with Crippen molar-refractivity contribution in [3.8, 4) is 0 Å². The highest BCUT2D eigenvalue weighted by Gasteiger charge is 2.20. The summed E-state index contributed by atoms with van der Waals surface area (Å²) in [6.07, 6.45) is 85.4. The van der Waals surface area contributed by atoms with Crippen LogP contribution in [0.5, 0.6) is 0 Å². The maximum Gasteiger partial charge on any atom is 0.306 e. The molecule has 0 bridgehead atoms. The highest BCUT2D eigenvalue weighted by atomic mass is 16.6. The second kappa shape index (κ2) is 70.6. The zero-order valence-electron chi connectivity index (χ0n) is 55.4. The summed E-state index contributed by atoms with van der Waals surface area (Å²) in [4.78, 5) is 38.5. The predicted octanol–water partition coefficient (Wildman–Crippen LogP) is 25.6. The molecule has 0 amide bonds. The van der Waals surface area contributed by atoms with Crippen LogP contribution in [-0.4, -0.2) is 37.2 Å². The molecule has 0 N–H and O–H groups in total. The van der Waals surface area contributed by atoms with Gasteiger partial charge in [0.05, 0.1) is 0 Å². The molecule has 0 saturated heterocycles. The lowest BCUT2D eigenvalue weighted by molar-refractivity contribution is -0.167. The van der Waals surface area contributed by atoms with E-state index in [0.717, 1.165) is 57.8 Å². The van der Waals surface area contributed by atoms with Crippen molar-refractivity contribution in [2.75, 3.05) is 13.2 Å². The van der Waals surface area contributed by atoms with E-state index in [0.29, 0.717) is 19.3 Å². The van der Waals surface area contributed by atoms with Crippen molar-refractivity contribution >= 4 is 17.9 Å². The lowest BCUT2D eigenvalue weighted by Gasteiger charge is -2.18. The van der Waals surface area contributed by atoms with Crippen molar-refractivity contribution in [3.05, 3.63) is 12.2 Å². The molecule has 480 valence electrons. The van der Waals surface area contributed by atoms with Crippen LogP contribution in [0.25, 0.3) is 0 Å². The summed E-state index contributed by atoms with van der Waals surface area (Å²) in [6, 6.07) is 0. The van der Waals surface area contributed by atoms with Gasteiger partial charge in [0.2, 0.25) is 0 Å². The normalized spacial score (nSPS) is 12.0. The fourth-order valence-corrected chi connectivity index (χ4v) is 11.7. The average molecular weight is 1140 g/mol. The lowest BCUT2D eigenvalue weighted by Crippen LogP contribution is -2.30. The Morgan fingerprint density at radius 1 is 0.235 bits per heavy atom. The Kier molecular flexibility index (Phi) is 69.0. The van der Waals surface area contributed by atoms with Crippen LogP contribution in [0.1, 0.15) is 432 Å². The van der Waals surface area contributed by atoms with Crippen molar-refractivity contribution < 1.29 is 28.6 Å². The van der Waals surface area contributed by atoms with Crippen molar-refractivity contribution in [1.82, 2.24) is 0 Å². The molecular formula is C75H144O6. The smallest absolute Gasteiger partial charge is 0.306 e. The molecule has 0 aliphatic rings. The first-order chi connectivity index (χ1) is 40.0. The summed E-state index contributed by atoms with van der Waals surface area (Å²) in [5.74, 6) is -0.829. The first-order valence-electron chi connectivity index (χ1n) is 37.2. The molecule has 0 aromatic rings. The molecule has 6 nitrogen and oxygen atoms in total. The van der Waals surface area contributed by atoms with Gasteiger partial charge in [-0.15, -0.1) is 0 Å². The van der Waals surface area contributed by atoms with Gasteiger partial charge in [0.25, 0.3) is 0 Å². The quantitative estimate of drug-likeness (QED) is 0.0261. The van der Waals surface area contributed by atoms with Gasteiger partial charge in [0.15, 0.2) is 6.10 Å². The molecule has 0 spiro atoms. The maximum absolute atomic E-state index is 13.0. The topological polar surface area (TPSA) is 78.9 Å². The minimum atomic E-state index is -0.769. The minimum absolute atomic E-state index is 0.0640. The number of allylic oxidation sites excluding steroid dienone is 2. The highest BCUT2D eigenvalue weighted by Crippen LogP contribution is 2.20. The van der Waals surface area contributed by atoms with Gasteiger partial charge >= 0.3 is 17.9 Å². The Labute approximate surface area is 507 Å². The summed E-state index contributed by atoms with van der Waals surface area (Å²) in [6.45, 7) is 6.74. The first-order valence-corrected chi connectivity index (χ1v) is 37.2. The molecule has 0 aromatic heterocycles.